The van der Waals surface area contributed by atoms with Crippen molar-refractivity contribution >= 4 is 0 Å². The van der Waals surface area contributed by atoms with Crippen LogP contribution in [-0.4, -0.2) is 47.8 Å². The lowest BCUT2D eigenvalue weighted by molar-refractivity contribution is -0.377. The van der Waals surface area contributed by atoms with Gasteiger partial charge >= 0.3 is 0 Å². The van der Waals surface area contributed by atoms with E-state index in [4.69, 9.17) is 27.8 Å². The maximum atomic E-state index is 10.1. The predicted octanol–water partition coefficient (Wildman–Crippen LogP) is 1.12. The van der Waals surface area contributed by atoms with Crippen LogP contribution in [0.1, 0.15) is 24.1 Å². The van der Waals surface area contributed by atoms with Crippen LogP contribution in [0.5, 0.6) is 0 Å². The minimum Gasteiger partial charge on any atom is -0.464 e. The van der Waals surface area contributed by atoms with E-state index in [1.54, 1.807) is 24.3 Å². The highest BCUT2D eigenvalue weighted by Gasteiger charge is 2.49. The molecule has 2 aromatic rings. The number of hydrogen-bond donors (Lipinski definition) is 2. The largest absolute Gasteiger partial charge is 0.464 e. The lowest BCUT2D eigenvalue weighted by Gasteiger charge is -2.46. The molecule has 2 aromatic heterocycles. The number of hydrogen-bond acceptors (Lipinski definition) is 8. The van der Waals surface area contributed by atoms with Crippen molar-refractivity contribution < 1.29 is 38.0 Å². The van der Waals surface area contributed by atoms with Crippen LogP contribution in [0, 0.1) is 0 Å². The number of furan rings is 2. The minimum atomic E-state index is -1.13. The van der Waals surface area contributed by atoms with Gasteiger partial charge in [0.25, 0.3) is 0 Å². The number of aliphatic hydroxyl groups excluding tert-OH is 2. The van der Waals surface area contributed by atoms with Gasteiger partial charge in [-0.25, -0.2) is 0 Å². The highest BCUT2D eigenvalue weighted by atomic mass is 16.8. The summed E-state index contributed by atoms with van der Waals surface area (Å²) >= 11 is 0. The fraction of sp³-hybridized carbons (Fsp3) is 0.500. The third-order valence-corrected chi connectivity index (χ3v) is 4.08. The van der Waals surface area contributed by atoms with E-state index in [0.29, 0.717) is 11.5 Å². The number of ether oxygens (including phenoxy) is 4. The first kappa shape index (κ1) is 15.8. The van der Waals surface area contributed by atoms with Gasteiger partial charge in [-0.05, 0) is 24.3 Å². The zero-order chi connectivity index (χ0) is 16.5. The standard InChI is InChI=1S/C16H18O8/c17-7-9(18)13-14-12(22-16(23-13)11-4-2-6-20-11)8-21-15(24-14)10-3-1-5-19-10/h1-6,9,12-18H,7-8H2/t9?,12-,13+,14+,15?,16?/m0/s1. The van der Waals surface area contributed by atoms with E-state index < -0.39 is 43.6 Å². The SMILES string of the molecule is OCC(O)[C@H]1OC(c2ccco2)O[C@H]2COC(c3ccco3)O[C@H]21. The fourth-order valence-electron chi connectivity index (χ4n) is 2.91. The normalized spacial score (nSPS) is 34.7. The van der Waals surface area contributed by atoms with Gasteiger partial charge < -0.3 is 38.0 Å². The molecule has 0 radical (unpaired) electrons. The second-order valence-electron chi connectivity index (χ2n) is 5.65. The molecule has 0 bridgehead atoms. The summed E-state index contributed by atoms with van der Waals surface area (Å²) in [5.41, 5.74) is 0. The zero-order valence-electron chi connectivity index (χ0n) is 12.7. The molecule has 0 saturated carbocycles. The number of aliphatic hydroxyl groups is 2. The average molecular weight is 338 g/mol. The van der Waals surface area contributed by atoms with E-state index in [-0.39, 0.29) is 6.61 Å². The third-order valence-electron chi connectivity index (χ3n) is 4.08. The quantitative estimate of drug-likeness (QED) is 0.855. The van der Waals surface area contributed by atoms with Crippen LogP contribution in [0.4, 0.5) is 0 Å². The first-order valence-corrected chi connectivity index (χ1v) is 7.70. The molecule has 2 aliphatic heterocycles. The van der Waals surface area contributed by atoms with Gasteiger partial charge in [0.2, 0.25) is 12.6 Å². The molecule has 0 aliphatic carbocycles. The highest BCUT2D eigenvalue weighted by molar-refractivity contribution is 5.05. The van der Waals surface area contributed by atoms with Crippen molar-refractivity contribution in [2.24, 2.45) is 0 Å². The van der Waals surface area contributed by atoms with E-state index in [0.717, 1.165) is 0 Å². The molecule has 8 nitrogen and oxygen atoms in total. The molecule has 2 aliphatic rings. The summed E-state index contributed by atoms with van der Waals surface area (Å²) in [4.78, 5) is 0. The van der Waals surface area contributed by atoms with Crippen LogP contribution in [-0.2, 0) is 18.9 Å². The minimum absolute atomic E-state index is 0.227. The lowest BCUT2D eigenvalue weighted by Crippen LogP contribution is -2.58. The van der Waals surface area contributed by atoms with Crippen molar-refractivity contribution in [2.45, 2.75) is 37.0 Å². The summed E-state index contributed by atoms with van der Waals surface area (Å²) in [6.07, 6.45) is -1.53. The Morgan fingerprint density at radius 1 is 1.00 bits per heavy atom. The summed E-state index contributed by atoms with van der Waals surface area (Å²) in [5.74, 6) is 0.982. The second kappa shape index (κ2) is 6.67. The Kier molecular flexibility index (Phi) is 4.40. The van der Waals surface area contributed by atoms with Gasteiger partial charge in [0.1, 0.15) is 24.4 Å². The number of fused-ring (bicyclic) bond motifs is 1. The molecular weight excluding hydrogens is 320 g/mol. The molecular formula is C16H18O8. The molecule has 6 atom stereocenters. The molecule has 2 fully saturated rings. The van der Waals surface area contributed by atoms with Gasteiger partial charge in [-0.1, -0.05) is 0 Å². The Morgan fingerprint density at radius 3 is 2.33 bits per heavy atom. The molecule has 4 heterocycles. The highest BCUT2D eigenvalue weighted by Crippen LogP contribution is 2.38. The van der Waals surface area contributed by atoms with Gasteiger partial charge in [0, 0.05) is 0 Å². The van der Waals surface area contributed by atoms with E-state index >= 15 is 0 Å². The molecule has 2 saturated heterocycles. The topological polar surface area (TPSA) is 104 Å². The Morgan fingerprint density at radius 2 is 1.71 bits per heavy atom. The smallest absolute Gasteiger partial charge is 0.218 e. The van der Waals surface area contributed by atoms with Crippen molar-refractivity contribution in [3.05, 3.63) is 48.3 Å². The Balaban J connectivity index is 1.55. The van der Waals surface area contributed by atoms with Crippen molar-refractivity contribution in [3.63, 3.8) is 0 Å². The Bertz CT molecular complexity index is 623. The van der Waals surface area contributed by atoms with Gasteiger partial charge in [0.05, 0.1) is 25.7 Å². The molecule has 130 valence electrons. The van der Waals surface area contributed by atoms with Crippen molar-refractivity contribution in [1.29, 1.82) is 0 Å². The van der Waals surface area contributed by atoms with Crippen LogP contribution < -0.4 is 0 Å². The van der Waals surface area contributed by atoms with Gasteiger partial charge in [-0.2, -0.15) is 0 Å². The molecule has 0 aromatic carbocycles. The van der Waals surface area contributed by atoms with Crippen LogP contribution in [0.3, 0.4) is 0 Å². The van der Waals surface area contributed by atoms with Crippen LogP contribution in [0.15, 0.2) is 45.6 Å². The summed E-state index contributed by atoms with van der Waals surface area (Å²) < 4.78 is 33.7. The lowest BCUT2D eigenvalue weighted by atomic mass is 10.0. The Labute approximate surface area is 137 Å². The maximum Gasteiger partial charge on any atom is 0.218 e. The van der Waals surface area contributed by atoms with Gasteiger partial charge in [0.15, 0.2) is 11.5 Å². The number of rotatable bonds is 4. The van der Waals surface area contributed by atoms with Crippen LogP contribution >= 0.6 is 0 Å². The molecule has 2 N–H and O–H groups in total. The molecule has 4 rings (SSSR count). The molecule has 8 heteroatoms. The summed E-state index contributed by atoms with van der Waals surface area (Å²) in [6, 6.07) is 6.89. The van der Waals surface area contributed by atoms with Gasteiger partial charge in [-0.3, -0.25) is 0 Å². The van der Waals surface area contributed by atoms with Crippen molar-refractivity contribution in [3.8, 4) is 0 Å². The van der Waals surface area contributed by atoms with E-state index in [2.05, 4.69) is 0 Å². The average Bonchev–Trinajstić information content (AvgIpc) is 3.32. The molecule has 3 unspecified atom stereocenters. The summed E-state index contributed by atoms with van der Waals surface area (Å²) in [7, 11) is 0. The summed E-state index contributed by atoms with van der Waals surface area (Å²) in [6.45, 7) is -0.236. The van der Waals surface area contributed by atoms with E-state index in [1.165, 1.54) is 12.5 Å². The van der Waals surface area contributed by atoms with Crippen LogP contribution in [0.25, 0.3) is 0 Å². The third kappa shape index (κ3) is 2.88. The van der Waals surface area contributed by atoms with Crippen molar-refractivity contribution in [1.82, 2.24) is 0 Å². The maximum absolute atomic E-state index is 10.1. The molecule has 24 heavy (non-hydrogen) atoms. The zero-order valence-corrected chi connectivity index (χ0v) is 12.7. The first-order chi connectivity index (χ1) is 11.8. The summed E-state index contributed by atoms with van der Waals surface area (Å²) in [5, 5.41) is 19.5. The van der Waals surface area contributed by atoms with Gasteiger partial charge in [-0.15, -0.1) is 0 Å². The Hall–Kier alpha value is -1.68. The second-order valence-corrected chi connectivity index (χ2v) is 5.65. The fourth-order valence-corrected chi connectivity index (χ4v) is 2.91. The predicted molar refractivity (Wildman–Crippen MR) is 76.6 cm³/mol. The van der Waals surface area contributed by atoms with E-state index in [9.17, 15) is 10.2 Å². The molecule has 0 amide bonds. The first-order valence-electron chi connectivity index (χ1n) is 7.70. The van der Waals surface area contributed by atoms with Crippen molar-refractivity contribution in [2.75, 3.05) is 13.2 Å². The van der Waals surface area contributed by atoms with E-state index in [1.807, 2.05) is 0 Å². The monoisotopic (exact) mass is 338 g/mol. The van der Waals surface area contributed by atoms with Crippen LogP contribution in [0.2, 0.25) is 0 Å². The molecule has 0 spiro atoms.